The van der Waals surface area contributed by atoms with Crippen molar-refractivity contribution in [2.45, 2.75) is 292 Å². The van der Waals surface area contributed by atoms with Gasteiger partial charge in [-0.25, -0.2) is 0 Å². The van der Waals surface area contributed by atoms with Gasteiger partial charge in [-0.15, -0.1) is 0 Å². The summed E-state index contributed by atoms with van der Waals surface area (Å²) in [6.45, 7) is 2.79. The third kappa shape index (κ3) is 24.7. The highest BCUT2D eigenvalue weighted by atomic mass is 16.8. The van der Waals surface area contributed by atoms with Crippen LogP contribution in [-0.4, -0.2) is 194 Å². The van der Waals surface area contributed by atoms with Crippen LogP contribution < -0.4 is 10.6 Å². The molecule has 0 aromatic carbocycles. The number of hydrogen-bond donors (Lipinski definition) is 12. The number of amides is 2. The maximum Gasteiger partial charge on any atom is 0.220 e. The van der Waals surface area contributed by atoms with E-state index in [1.54, 1.807) is 6.08 Å². The van der Waals surface area contributed by atoms with Crippen LogP contribution in [0.4, 0.5) is 0 Å². The Morgan fingerprint density at radius 2 is 0.934 bits per heavy atom. The minimum Gasteiger partial charge on any atom is -0.394 e. The zero-order valence-electron chi connectivity index (χ0n) is 46.1. The summed E-state index contributed by atoms with van der Waals surface area (Å²) in [6.07, 6.45) is 12.2. The number of ether oxygens (including phenoxy) is 6. The average Bonchev–Trinajstić information content (AvgIpc) is 3.40. The van der Waals surface area contributed by atoms with Gasteiger partial charge in [0.15, 0.2) is 18.9 Å². The number of carbonyl (C=O) groups excluding carboxylic acids is 2. The Morgan fingerprint density at radius 3 is 1.42 bits per heavy atom. The van der Waals surface area contributed by atoms with Gasteiger partial charge in [-0.1, -0.05) is 154 Å². The molecular weight excluding hydrogens is 989 g/mol. The van der Waals surface area contributed by atoms with Crippen molar-refractivity contribution in [3.05, 3.63) is 24.3 Å². The Labute approximate surface area is 452 Å². The minimum absolute atomic E-state index is 0.230. The highest BCUT2D eigenvalue weighted by Crippen LogP contribution is 2.33. The molecule has 0 bridgehead atoms. The van der Waals surface area contributed by atoms with E-state index < -0.39 is 130 Å². The SMILES string of the molecule is CCCCCCCCC=CCCCCCCCC(=O)N[C@@H](CO[C@@H]1O[C@H](CO)[C@@H](O[C@@H]2O[C@H](CO)[C@H](O[C@@H]3O[C@H](CO)[C@H](O)[C@H](O)[C@H]3NC(C)=O)[C@H](O)[C@H]2O)[C@H](O)[C@H]1O)[C@H](O)C=CCCCCCCCCCCCCC. The normalized spacial score (nSPS) is 31.0. The second kappa shape index (κ2) is 40.0. The Kier molecular flexibility index (Phi) is 35.8. The van der Waals surface area contributed by atoms with Crippen LogP contribution >= 0.6 is 0 Å². The number of allylic oxidation sites excluding steroid dienone is 3. The van der Waals surface area contributed by atoms with E-state index in [0.29, 0.717) is 6.42 Å². The van der Waals surface area contributed by atoms with Gasteiger partial charge in [-0.3, -0.25) is 9.59 Å². The van der Waals surface area contributed by atoms with Crippen LogP contribution in [0.15, 0.2) is 24.3 Å². The quantitative estimate of drug-likeness (QED) is 0.0307. The number of aliphatic hydroxyl groups is 10. The molecule has 3 saturated heterocycles. The molecule has 3 aliphatic heterocycles. The lowest BCUT2D eigenvalue weighted by atomic mass is 9.95. The van der Waals surface area contributed by atoms with E-state index in [-0.39, 0.29) is 18.9 Å². The van der Waals surface area contributed by atoms with Gasteiger partial charge in [0.1, 0.15) is 73.2 Å². The molecule has 12 N–H and O–H groups in total. The van der Waals surface area contributed by atoms with Crippen molar-refractivity contribution >= 4 is 11.8 Å². The number of rotatable bonds is 41. The number of carbonyl (C=O) groups is 2. The lowest BCUT2D eigenvalue weighted by Gasteiger charge is -2.48. The molecule has 0 radical (unpaired) electrons. The fraction of sp³-hybridized carbons (Fsp3) is 0.893. The predicted molar refractivity (Wildman–Crippen MR) is 284 cm³/mol. The molecule has 0 aromatic rings. The summed E-state index contributed by atoms with van der Waals surface area (Å²) in [5, 5.41) is 113. The third-order valence-electron chi connectivity index (χ3n) is 14.6. The van der Waals surface area contributed by atoms with Crippen LogP contribution in [0.3, 0.4) is 0 Å². The summed E-state index contributed by atoms with van der Waals surface area (Å²) in [5.41, 5.74) is 0. The summed E-state index contributed by atoms with van der Waals surface area (Å²) < 4.78 is 34.8. The highest BCUT2D eigenvalue weighted by Gasteiger charge is 2.54. The van der Waals surface area contributed by atoms with Crippen molar-refractivity contribution in [1.82, 2.24) is 10.6 Å². The van der Waals surface area contributed by atoms with Crippen LogP contribution in [-0.2, 0) is 38.0 Å². The maximum atomic E-state index is 13.3. The molecule has 0 saturated carbocycles. The van der Waals surface area contributed by atoms with E-state index in [9.17, 15) is 60.7 Å². The smallest absolute Gasteiger partial charge is 0.220 e. The van der Waals surface area contributed by atoms with Gasteiger partial charge in [-0.05, 0) is 44.9 Å². The molecule has 3 aliphatic rings. The molecule has 2 amide bonds. The van der Waals surface area contributed by atoms with Crippen LogP contribution in [0.5, 0.6) is 0 Å². The lowest BCUT2D eigenvalue weighted by molar-refractivity contribution is -0.374. The molecular formula is C56H102N2O18. The molecule has 3 fully saturated rings. The first-order chi connectivity index (χ1) is 36.7. The Hall–Kier alpha value is -2.22. The minimum atomic E-state index is -1.99. The van der Waals surface area contributed by atoms with E-state index in [2.05, 4.69) is 36.6 Å². The average molecular weight is 1090 g/mol. The van der Waals surface area contributed by atoms with Crippen molar-refractivity contribution < 1.29 is 89.1 Å². The molecule has 0 aromatic heterocycles. The molecule has 20 heteroatoms. The van der Waals surface area contributed by atoms with Crippen molar-refractivity contribution in [2.24, 2.45) is 0 Å². The molecule has 0 spiro atoms. The Bertz CT molecular complexity index is 1560. The largest absolute Gasteiger partial charge is 0.394 e. The van der Waals surface area contributed by atoms with Gasteiger partial charge < -0.3 is 90.1 Å². The van der Waals surface area contributed by atoms with Gasteiger partial charge in [0.25, 0.3) is 0 Å². The van der Waals surface area contributed by atoms with Crippen LogP contribution in [0.2, 0.25) is 0 Å². The van der Waals surface area contributed by atoms with E-state index >= 15 is 0 Å². The van der Waals surface area contributed by atoms with Crippen LogP contribution in [0.25, 0.3) is 0 Å². The molecule has 444 valence electrons. The van der Waals surface area contributed by atoms with Crippen molar-refractivity contribution in [3.8, 4) is 0 Å². The van der Waals surface area contributed by atoms with E-state index in [0.717, 1.165) is 71.1 Å². The Balaban J connectivity index is 1.57. The second-order valence-corrected chi connectivity index (χ2v) is 21.1. The van der Waals surface area contributed by atoms with Gasteiger partial charge in [0.05, 0.1) is 38.6 Å². The fourth-order valence-electron chi connectivity index (χ4n) is 9.94. The van der Waals surface area contributed by atoms with Gasteiger partial charge in [0, 0.05) is 13.3 Å². The number of aliphatic hydroxyl groups excluding tert-OH is 10. The summed E-state index contributed by atoms with van der Waals surface area (Å²) in [7, 11) is 0. The number of nitrogens with one attached hydrogen (secondary N) is 2. The first-order valence-corrected chi connectivity index (χ1v) is 29.1. The summed E-state index contributed by atoms with van der Waals surface area (Å²) in [4.78, 5) is 25.2. The van der Waals surface area contributed by atoms with E-state index in [4.69, 9.17) is 28.4 Å². The number of unbranched alkanes of at least 4 members (excludes halogenated alkanes) is 22. The standard InChI is InChI=1S/C56H102N2O18/c1-4-6-8-10-12-14-16-18-19-21-23-25-27-29-31-33-44(64)58-39(40(63)32-30-28-26-24-22-20-17-15-13-11-9-7-5-2)37-71-55-50(69)48(67)53(42(35-60)73-55)76-56-51(70)49(68)52(43(36-61)74-56)75-54-45(57-38(3)62)47(66)46(65)41(34-59)72-54/h18-19,30,32,39-43,45-56,59-61,63,65-70H,4-17,20-29,31,33-37H2,1-3H3,(H,57,62)(H,58,64)/t39-,40+,41+,42+,43+,45+,46-,47+,48+,49+,50+,51+,52-,53+,54-,55+,56-/m0/s1. The first-order valence-electron chi connectivity index (χ1n) is 29.1. The molecule has 3 rings (SSSR count). The summed E-state index contributed by atoms with van der Waals surface area (Å²) in [6, 6.07) is -2.41. The Morgan fingerprint density at radius 1 is 0.513 bits per heavy atom. The third-order valence-corrected chi connectivity index (χ3v) is 14.6. The zero-order chi connectivity index (χ0) is 55.7. The molecule has 76 heavy (non-hydrogen) atoms. The monoisotopic (exact) mass is 1090 g/mol. The predicted octanol–water partition coefficient (Wildman–Crippen LogP) is 3.74. The van der Waals surface area contributed by atoms with Crippen molar-refractivity contribution in [3.63, 3.8) is 0 Å². The highest BCUT2D eigenvalue weighted by molar-refractivity contribution is 5.76. The van der Waals surface area contributed by atoms with Gasteiger partial charge in [0.2, 0.25) is 11.8 Å². The van der Waals surface area contributed by atoms with E-state index in [1.807, 2.05) is 6.08 Å². The fourth-order valence-corrected chi connectivity index (χ4v) is 9.94. The second-order valence-electron chi connectivity index (χ2n) is 21.1. The molecule has 20 nitrogen and oxygen atoms in total. The first kappa shape index (κ1) is 68.1. The molecule has 0 unspecified atom stereocenters. The topological polar surface area (TPSA) is 316 Å². The summed E-state index contributed by atoms with van der Waals surface area (Å²) >= 11 is 0. The van der Waals surface area contributed by atoms with Gasteiger partial charge in [-0.2, -0.15) is 0 Å². The van der Waals surface area contributed by atoms with Crippen molar-refractivity contribution in [1.29, 1.82) is 0 Å². The van der Waals surface area contributed by atoms with Crippen molar-refractivity contribution in [2.75, 3.05) is 26.4 Å². The van der Waals surface area contributed by atoms with Crippen LogP contribution in [0.1, 0.15) is 188 Å². The molecule has 0 aliphatic carbocycles. The lowest BCUT2D eigenvalue weighted by Crippen LogP contribution is -2.68. The zero-order valence-corrected chi connectivity index (χ0v) is 46.1. The van der Waals surface area contributed by atoms with Crippen LogP contribution in [0, 0.1) is 0 Å². The maximum absolute atomic E-state index is 13.3. The molecule has 3 heterocycles. The summed E-state index contributed by atoms with van der Waals surface area (Å²) in [5.74, 6) is -0.937. The number of hydrogen-bond acceptors (Lipinski definition) is 18. The van der Waals surface area contributed by atoms with E-state index in [1.165, 1.54) is 89.9 Å². The molecule has 17 atom stereocenters. The van der Waals surface area contributed by atoms with Gasteiger partial charge >= 0.3 is 0 Å².